The van der Waals surface area contributed by atoms with E-state index in [0.717, 1.165) is 35.0 Å². The first kappa shape index (κ1) is 23.8. The van der Waals surface area contributed by atoms with Gasteiger partial charge in [0, 0.05) is 36.2 Å². The molecule has 0 unspecified atom stereocenters. The largest absolute Gasteiger partial charge is 0.340 e. The molecule has 6 heteroatoms. The number of para-hydroxylation sites is 1. The Morgan fingerprint density at radius 2 is 1.66 bits per heavy atom. The quantitative estimate of drug-likeness (QED) is 0.328. The van der Waals surface area contributed by atoms with Crippen LogP contribution in [-0.4, -0.2) is 30.4 Å². The highest BCUT2D eigenvalue weighted by molar-refractivity contribution is 7.89. The van der Waals surface area contributed by atoms with Gasteiger partial charge in [-0.2, -0.15) is 4.31 Å². The lowest BCUT2D eigenvalue weighted by molar-refractivity contribution is 0.319. The number of piperidine rings is 1. The number of nitrogens with zero attached hydrogens (tertiary/aromatic N) is 2. The number of rotatable bonds is 5. The SMILES string of the molecule is Cc1ccc(C)c(S(=O)(=O)N2CCC(c3c(C)n(Cc4cccc(F)c4)c4ccccc34)CC2)c1. The summed E-state index contributed by atoms with van der Waals surface area (Å²) in [6.45, 7) is 7.52. The molecule has 1 aromatic heterocycles. The minimum absolute atomic E-state index is 0.228. The van der Waals surface area contributed by atoms with Gasteiger partial charge in [-0.05, 0) is 86.1 Å². The van der Waals surface area contributed by atoms with E-state index in [4.69, 9.17) is 0 Å². The molecule has 0 bridgehead atoms. The van der Waals surface area contributed by atoms with Gasteiger partial charge in [0.15, 0.2) is 0 Å². The Morgan fingerprint density at radius 3 is 2.40 bits per heavy atom. The van der Waals surface area contributed by atoms with Crippen molar-refractivity contribution in [3.63, 3.8) is 0 Å². The van der Waals surface area contributed by atoms with Crippen LogP contribution >= 0.6 is 0 Å². The minimum atomic E-state index is -3.52. The first-order valence-corrected chi connectivity index (χ1v) is 13.6. The number of halogens is 1. The second-order valence-electron chi connectivity index (χ2n) is 9.68. The lowest BCUT2D eigenvalue weighted by Crippen LogP contribution is -2.38. The molecule has 1 aliphatic rings. The van der Waals surface area contributed by atoms with Crippen molar-refractivity contribution in [1.29, 1.82) is 0 Å². The van der Waals surface area contributed by atoms with Crippen LogP contribution in [0.15, 0.2) is 71.6 Å². The lowest BCUT2D eigenvalue weighted by Gasteiger charge is -2.32. The van der Waals surface area contributed by atoms with Gasteiger partial charge in [-0.15, -0.1) is 0 Å². The van der Waals surface area contributed by atoms with Crippen molar-refractivity contribution in [2.45, 2.75) is 51.0 Å². The maximum atomic E-state index is 13.8. The minimum Gasteiger partial charge on any atom is -0.340 e. The first-order chi connectivity index (χ1) is 16.8. The standard InChI is InChI=1S/C29H31FN2O2S/c1-20-11-12-21(2)28(17-20)35(33,34)31-15-13-24(14-16-31)29-22(3)32(27-10-5-4-9-26(27)29)19-23-7-6-8-25(30)18-23/h4-12,17-18,24H,13-16,19H2,1-3H3. The molecule has 4 aromatic rings. The summed E-state index contributed by atoms with van der Waals surface area (Å²) in [5.41, 5.74) is 6.26. The van der Waals surface area contributed by atoms with E-state index < -0.39 is 10.0 Å². The fourth-order valence-electron chi connectivity index (χ4n) is 5.50. The van der Waals surface area contributed by atoms with E-state index in [1.54, 1.807) is 22.5 Å². The van der Waals surface area contributed by atoms with Crippen LogP contribution < -0.4 is 0 Å². The third-order valence-corrected chi connectivity index (χ3v) is 9.37. The number of fused-ring (bicyclic) bond motifs is 1. The molecule has 0 atom stereocenters. The Hall–Kier alpha value is -2.96. The predicted molar refractivity (Wildman–Crippen MR) is 139 cm³/mol. The third kappa shape index (κ3) is 4.41. The van der Waals surface area contributed by atoms with Crippen LogP contribution in [0.5, 0.6) is 0 Å². The van der Waals surface area contributed by atoms with Gasteiger partial charge < -0.3 is 4.57 Å². The molecule has 1 saturated heterocycles. The zero-order valence-corrected chi connectivity index (χ0v) is 21.3. The molecule has 0 saturated carbocycles. The number of hydrogen-bond acceptors (Lipinski definition) is 2. The molecular weight excluding hydrogens is 459 g/mol. The Bertz CT molecular complexity index is 1500. The number of hydrogen-bond donors (Lipinski definition) is 0. The van der Waals surface area contributed by atoms with Crippen LogP contribution in [0.25, 0.3) is 10.9 Å². The van der Waals surface area contributed by atoms with Gasteiger partial charge in [0.25, 0.3) is 0 Å². The van der Waals surface area contributed by atoms with Gasteiger partial charge >= 0.3 is 0 Å². The van der Waals surface area contributed by atoms with Gasteiger partial charge in [-0.25, -0.2) is 12.8 Å². The van der Waals surface area contributed by atoms with Crippen LogP contribution in [0.2, 0.25) is 0 Å². The summed E-state index contributed by atoms with van der Waals surface area (Å²) in [5, 5.41) is 1.21. The Kier molecular flexibility index (Phi) is 6.28. The molecule has 0 amide bonds. The highest BCUT2D eigenvalue weighted by Gasteiger charge is 2.33. The zero-order valence-electron chi connectivity index (χ0n) is 20.5. The summed E-state index contributed by atoms with van der Waals surface area (Å²) in [6.07, 6.45) is 1.55. The molecule has 0 spiro atoms. The van der Waals surface area contributed by atoms with Gasteiger partial charge in [-0.1, -0.05) is 42.5 Å². The first-order valence-electron chi connectivity index (χ1n) is 12.2. The van der Waals surface area contributed by atoms with E-state index in [2.05, 4.69) is 29.7 Å². The molecule has 2 heterocycles. The highest BCUT2D eigenvalue weighted by Crippen LogP contribution is 2.39. The van der Waals surface area contributed by atoms with Crippen molar-refractivity contribution in [3.05, 3.63) is 100 Å². The number of aromatic nitrogens is 1. The second-order valence-corrected chi connectivity index (χ2v) is 11.6. The number of sulfonamides is 1. The maximum absolute atomic E-state index is 13.8. The van der Waals surface area contributed by atoms with Gasteiger partial charge in [0.1, 0.15) is 5.82 Å². The topological polar surface area (TPSA) is 42.3 Å². The number of benzene rings is 3. The van der Waals surface area contributed by atoms with E-state index in [0.29, 0.717) is 24.5 Å². The second kappa shape index (κ2) is 9.25. The van der Waals surface area contributed by atoms with Crippen molar-refractivity contribution in [3.8, 4) is 0 Å². The summed E-state index contributed by atoms with van der Waals surface area (Å²) in [6, 6.07) is 20.7. The maximum Gasteiger partial charge on any atom is 0.243 e. The highest BCUT2D eigenvalue weighted by atomic mass is 32.2. The molecule has 4 nitrogen and oxygen atoms in total. The fourth-order valence-corrected chi connectivity index (χ4v) is 7.28. The number of aryl methyl sites for hydroxylation is 2. The molecule has 182 valence electrons. The summed E-state index contributed by atoms with van der Waals surface area (Å²) in [7, 11) is -3.52. The van der Waals surface area contributed by atoms with Gasteiger partial charge in [0.05, 0.1) is 4.90 Å². The molecule has 0 aliphatic carbocycles. The van der Waals surface area contributed by atoms with Crippen LogP contribution in [-0.2, 0) is 16.6 Å². The third-order valence-electron chi connectivity index (χ3n) is 7.33. The Labute approximate surface area is 207 Å². The van der Waals surface area contributed by atoms with Crippen molar-refractivity contribution < 1.29 is 12.8 Å². The normalized spacial score (nSPS) is 15.7. The lowest BCUT2D eigenvalue weighted by atomic mass is 9.88. The molecule has 0 N–H and O–H groups in total. The summed E-state index contributed by atoms with van der Waals surface area (Å²) in [4.78, 5) is 0.416. The van der Waals surface area contributed by atoms with Gasteiger partial charge in [-0.3, -0.25) is 0 Å². The smallest absolute Gasteiger partial charge is 0.243 e. The van der Waals surface area contributed by atoms with E-state index in [-0.39, 0.29) is 11.7 Å². The van der Waals surface area contributed by atoms with Crippen LogP contribution in [0.4, 0.5) is 4.39 Å². The van der Waals surface area contributed by atoms with Crippen LogP contribution in [0.3, 0.4) is 0 Å². The Balaban J connectivity index is 1.44. The summed E-state index contributed by atoms with van der Waals surface area (Å²) < 4.78 is 44.5. The molecule has 1 fully saturated rings. The van der Waals surface area contributed by atoms with Crippen molar-refractivity contribution in [1.82, 2.24) is 8.87 Å². The van der Waals surface area contributed by atoms with Crippen molar-refractivity contribution in [2.75, 3.05) is 13.1 Å². The Morgan fingerprint density at radius 1 is 0.914 bits per heavy atom. The van der Waals surface area contributed by atoms with Crippen LogP contribution in [0.1, 0.15) is 46.7 Å². The molecule has 0 radical (unpaired) electrons. The van der Waals surface area contributed by atoms with Gasteiger partial charge in [0.2, 0.25) is 10.0 Å². The van der Waals surface area contributed by atoms with E-state index in [1.807, 2.05) is 38.1 Å². The fraction of sp³-hybridized carbons (Fsp3) is 0.310. The molecule has 1 aliphatic heterocycles. The van der Waals surface area contributed by atoms with E-state index in [1.165, 1.54) is 22.7 Å². The monoisotopic (exact) mass is 490 g/mol. The average Bonchev–Trinajstić information content (AvgIpc) is 3.12. The molecule has 35 heavy (non-hydrogen) atoms. The zero-order chi connectivity index (χ0) is 24.7. The van der Waals surface area contributed by atoms with Crippen molar-refractivity contribution in [2.24, 2.45) is 0 Å². The summed E-state index contributed by atoms with van der Waals surface area (Å²) in [5.74, 6) is 0.0491. The predicted octanol–water partition coefficient (Wildman–Crippen LogP) is 6.32. The molecule has 5 rings (SSSR count). The summed E-state index contributed by atoms with van der Waals surface area (Å²) >= 11 is 0. The molecular formula is C29H31FN2O2S. The van der Waals surface area contributed by atoms with E-state index in [9.17, 15) is 12.8 Å². The average molecular weight is 491 g/mol. The van der Waals surface area contributed by atoms with E-state index >= 15 is 0 Å². The van der Waals surface area contributed by atoms with Crippen molar-refractivity contribution >= 4 is 20.9 Å². The van der Waals surface area contributed by atoms with Crippen LogP contribution in [0, 0.1) is 26.6 Å². The molecule has 3 aromatic carbocycles.